The topological polar surface area (TPSA) is 84.2 Å². The van der Waals surface area contributed by atoms with Crippen LogP contribution in [-0.4, -0.2) is 29.9 Å². The molecule has 0 saturated heterocycles. The van der Waals surface area contributed by atoms with Crippen LogP contribution in [0.3, 0.4) is 0 Å². The fourth-order valence-corrected chi connectivity index (χ4v) is 4.60. The minimum Gasteiger partial charge on any atom is -0.352 e. The molecule has 0 atom stereocenters. The van der Waals surface area contributed by atoms with Crippen molar-refractivity contribution in [2.75, 3.05) is 18.1 Å². The van der Waals surface area contributed by atoms with Gasteiger partial charge in [0, 0.05) is 25.9 Å². The standard InChI is InChI=1S/C27H41N3O2S/c1-27(2,3)15-8-18-33-17-7-12-26(32)30-20-22-14-13-21(19-29-25(31)11-6-16-28)23-9-4-5-10-24(22)23/h4-5,9-10,13-14H,6-8,11-12,15-20,28H2,1-3H3,(H,29,31)(H,30,32). The molecule has 0 aliphatic carbocycles. The van der Waals surface area contributed by atoms with Gasteiger partial charge in [0.15, 0.2) is 0 Å². The maximum absolute atomic E-state index is 12.3. The molecule has 2 aromatic rings. The number of benzene rings is 2. The number of hydrogen-bond acceptors (Lipinski definition) is 4. The second kappa shape index (κ2) is 14.3. The van der Waals surface area contributed by atoms with Crippen molar-refractivity contribution in [1.82, 2.24) is 10.6 Å². The molecular formula is C27H41N3O2S. The molecule has 0 bridgehead atoms. The number of nitrogens with one attached hydrogen (secondary N) is 2. The van der Waals surface area contributed by atoms with Gasteiger partial charge in [0.25, 0.3) is 0 Å². The van der Waals surface area contributed by atoms with Crippen LogP contribution in [-0.2, 0) is 22.7 Å². The largest absolute Gasteiger partial charge is 0.352 e. The molecule has 0 saturated carbocycles. The average Bonchev–Trinajstić information content (AvgIpc) is 2.78. The predicted molar refractivity (Wildman–Crippen MR) is 141 cm³/mol. The SMILES string of the molecule is CC(C)(C)CCCSCCCC(=O)NCc1ccc(CNC(=O)CCCN)c2ccccc12. The molecule has 0 radical (unpaired) electrons. The van der Waals surface area contributed by atoms with Crippen LogP contribution in [0.15, 0.2) is 36.4 Å². The van der Waals surface area contributed by atoms with E-state index in [4.69, 9.17) is 5.73 Å². The van der Waals surface area contributed by atoms with Crippen molar-refractivity contribution in [3.05, 3.63) is 47.5 Å². The van der Waals surface area contributed by atoms with E-state index in [-0.39, 0.29) is 11.8 Å². The first-order valence-electron chi connectivity index (χ1n) is 12.1. The average molecular weight is 472 g/mol. The fourth-order valence-electron chi connectivity index (χ4n) is 3.70. The third-order valence-electron chi connectivity index (χ3n) is 5.57. The Bertz CT molecular complexity index is 893. The highest BCUT2D eigenvalue weighted by molar-refractivity contribution is 7.99. The van der Waals surface area contributed by atoms with Crippen molar-refractivity contribution >= 4 is 34.3 Å². The molecule has 5 nitrogen and oxygen atoms in total. The molecule has 2 aromatic carbocycles. The zero-order valence-corrected chi connectivity index (χ0v) is 21.4. The van der Waals surface area contributed by atoms with E-state index in [1.54, 1.807) is 0 Å². The summed E-state index contributed by atoms with van der Waals surface area (Å²) in [6.45, 7) is 8.36. The van der Waals surface area contributed by atoms with Gasteiger partial charge in [-0.3, -0.25) is 9.59 Å². The van der Waals surface area contributed by atoms with Crippen molar-refractivity contribution < 1.29 is 9.59 Å². The second-order valence-corrected chi connectivity index (χ2v) is 11.0. The Morgan fingerprint density at radius 3 is 1.85 bits per heavy atom. The first kappa shape index (κ1) is 27.2. The van der Waals surface area contributed by atoms with Crippen molar-refractivity contribution in [1.29, 1.82) is 0 Å². The zero-order valence-electron chi connectivity index (χ0n) is 20.5. The van der Waals surface area contributed by atoms with Gasteiger partial charge in [-0.2, -0.15) is 11.8 Å². The highest BCUT2D eigenvalue weighted by Gasteiger charge is 2.10. The molecule has 33 heavy (non-hydrogen) atoms. The molecule has 4 N–H and O–H groups in total. The lowest BCUT2D eigenvalue weighted by Crippen LogP contribution is -2.24. The van der Waals surface area contributed by atoms with Crippen LogP contribution in [0.5, 0.6) is 0 Å². The summed E-state index contributed by atoms with van der Waals surface area (Å²) in [7, 11) is 0. The summed E-state index contributed by atoms with van der Waals surface area (Å²) in [5.74, 6) is 2.33. The van der Waals surface area contributed by atoms with Crippen LogP contribution in [0.2, 0.25) is 0 Å². The van der Waals surface area contributed by atoms with E-state index < -0.39 is 0 Å². The minimum absolute atomic E-state index is 0.0215. The Labute approximate surface area is 203 Å². The molecule has 0 unspecified atom stereocenters. The molecule has 2 rings (SSSR count). The van der Waals surface area contributed by atoms with Gasteiger partial charge in [-0.1, -0.05) is 57.2 Å². The molecular weight excluding hydrogens is 430 g/mol. The number of thioether (sulfide) groups is 1. The molecule has 0 aliphatic rings. The lowest BCUT2D eigenvalue weighted by Gasteiger charge is -2.17. The highest BCUT2D eigenvalue weighted by Crippen LogP contribution is 2.24. The fraction of sp³-hybridized carbons (Fsp3) is 0.556. The summed E-state index contributed by atoms with van der Waals surface area (Å²) in [4.78, 5) is 24.3. The Morgan fingerprint density at radius 1 is 0.818 bits per heavy atom. The highest BCUT2D eigenvalue weighted by atomic mass is 32.2. The molecule has 182 valence electrons. The zero-order chi connectivity index (χ0) is 24.1. The van der Waals surface area contributed by atoms with E-state index in [2.05, 4.69) is 49.6 Å². The van der Waals surface area contributed by atoms with Crippen LogP contribution in [0, 0.1) is 5.41 Å². The summed E-state index contributed by atoms with van der Waals surface area (Å²) >= 11 is 1.95. The van der Waals surface area contributed by atoms with Crippen LogP contribution in [0.1, 0.15) is 70.4 Å². The van der Waals surface area contributed by atoms with E-state index in [0.717, 1.165) is 34.1 Å². The lowest BCUT2D eigenvalue weighted by atomic mass is 9.91. The molecule has 0 heterocycles. The molecule has 2 amide bonds. The summed E-state index contributed by atoms with van der Waals surface area (Å²) in [6, 6.07) is 12.2. The Morgan fingerprint density at radius 2 is 1.33 bits per heavy atom. The predicted octanol–water partition coefficient (Wildman–Crippen LogP) is 5.15. The van der Waals surface area contributed by atoms with Crippen LogP contribution in [0.4, 0.5) is 0 Å². The van der Waals surface area contributed by atoms with Crippen LogP contribution >= 0.6 is 11.8 Å². The third-order valence-corrected chi connectivity index (χ3v) is 6.73. The van der Waals surface area contributed by atoms with E-state index in [1.807, 2.05) is 30.0 Å². The smallest absolute Gasteiger partial charge is 0.220 e. The summed E-state index contributed by atoms with van der Waals surface area (Å²) in [5, 5.41) is 8.27. The maximum atomic E-state index is 12.3. The van der Waals surface area contributed by atoms with Gasteiger partial charge in [-0.15, -0.1) is 0 Å². The number of carbonyl (C=O) groups is 2. The number of rotatable bonds is 14. The van der Waals surface area contributed by atoms with E-state index in [1.165, 1.54) is 18.6 Å². The van der Waals surface area contributed by atoms with Crippen LogP contribution < -0.4 is 16.4 Å². The third kappa shape index (κ3) is 10.6. The summed E-state index contributed by atoms with van der Waals surface area (Å²) < 4.78 is 0. The first-order valence-corrected chi connectivity index (χ1v) is 13.3. The van der Waals surface area contributed by atoms with Crippen molar-refractivity contribution in [3.8, 4) is 0 Å². The van der Waals surface area contributed by atoms with Gasteiger partial charge < -0.3 is 16.4 Å². The number of nitrogens with two attached hydrogens (primary N) is 1. The van der Waals surface area contributed by atoms with E-state index in [0.29, 0.717) is 44.3 Å². The number of carbonyl (C=O) groups excluding carboxylic acids is 2. The van der Waals surface area contributed by atoms with Gasteiger partial charge in [0.2, 0.25) is 11.8 Å². The summed E-state index contributed by atoms with van der Waals surface area (Å²) in [5.41, 5.74) is 8.05. The van der Waals surface area contributed by atoms with Gasteiger partial charge in [-0.05, 0) is 71.0 Å². The monoisotopic (exact) mass is 471 g/mol. The number of hydrogen-bond donors (Lipinski definition) is 3. The second-order valence-electron chi connectivity index (χ2n) is 9.76. The van der Waals surface area contributed by atoms with Gasteiger partial charge in [0.1, 0.15) is 0 Å². The Hall–Kier alpha value is -2.05. The van der Waals surface area contributed by atoms with Crippen LogP contribution in [0.25, 0.3) is 10.8 Å². The lowest BCUT2D eigenvalue weighted by molar-refractivity contribution is -0.122. The molecule has 0 spiro atoms. The first-order chi connectivity index (χ1) is 15.8. The van der Waals surface area contributed by atoms with Gasteiger partial charge >= 0.3 is 0 Å². The van der Waals surface area contributed by atoms with Crippen molar-refractivity contribution in [2.24, 2.45) is 11.1 Å². The normalized spacial score (nSPS) is 11.5. The molecule has 0 fully saturated rings. The minimum atomic E-state index is 0.0215. The van der Waals surface area contributed by atoms with Gasteiger partial charge in [-0.25, -0.2) is 0 Å². The van der Waals surface area contributed by atoms with E-state index >= 15 is 0 Å². The molecule has 0 aromatic heterocycles. The van der Waals surface area contributed by atoms with Gasteiger partial charge in [0.05, 0.1) is 0 Å². The van der Waals surface area contributed by atoms with Crippen molar-refractivity contribution in [2.45, 2.75) is 72.4 Å². The number of fused-ring (bicyclic) bond motifs is 1. The quantitative estimate of drug-likeness (QED) is 0.333. The number of amides is 2. The molecule has 0 aliphatic heterocycles. The molecule has 6 heteroatoms. The van der Waals surface area contributed by atoms with E-state index in [9.17, 15) is 9.59 Å². The summed E-state index contributed by atoms with van der Waals surface area (Å²) in [6.07, 6.45) is 5.11. The Kier molecular flexibility index (Phi) is 11.8. The van der Waals surface area contributed by atoms with Crippen molar-refractivity contribution in [3.63, 3.8) is 0 Å². The maximum Gasteiger partial charge on any atom is 0.220 e. The Balaban J connectivity index is 1.79.